The average molecular weight is 152 g/mol. The van der Waals surface area contributed by atoms with Gasteiger partial charge in [0.05, 0.1) is 24.7 Å². The highest BCUT2D eigenvalue weighted by Crippen LogP contribution is 2.42. The second-order valence-corrected chi connectivity index (χ2v) is 3.27. The lowest BCUT2D eigenvalue weighted by atomic mass is 9.86. The van der Waals surface area contributed by atoms with Crippen molar-refractivity contribution in [2.75, 3.05) is 6.61 Å². The summed E-state index contributed by atoms with van der Waals surface area (Å²) < 4.78 is 10.4. The van der Waals surface area contributed by atoms with E-state index in [-0.39, 0.29) is 24.1 Å². The second-order valence-electron chi connectivity index (χ2n) is 3.27. The van der Waals surface area contributed by atoms with Gasteiger partial charge in [0.1, 0.15) is 0 Å². The summed E-state index contributed by atoms with van der Waals surface area (Å²) in [6.07, 6.45) is 4.17. The van der Waals surface area contributed by atoms with Crippen LogP contribution < -0.4 is 0 Å². The summed E-state index contributed by atoms with van der Waals surface area (Å²) in [5, 5.41) is 0. The summed E-state index contributed by atoms with van der Waals surface area (Å²) in [7, 11) is 0. The van der Waals surface area contributed by atoms with Gasteiger partial charge in [0, 0.05) is 5.92 Å². The van der Waals surface area contributed by atoms with Gasteiger partial charge in [0.2, 0.25) is 0 Å². The maximum Gasteiger partial charge on any atom is 0.312 e. The van der Waals surface area contributed by atoms with Crippen LogP contribution in [0.25, 0.3) is 0 Å². The summed E-state index contributed by atoms with van der Waals surface area (Å²) in [5.41, 5.74) is 0. The minimum absolute atomic E-state index is 0.00463. The van der Waals surface area contributed by atoms with Crippen molar-refractivity contribution in [3.8, 4) is 0 Å². The lowest BCUT2D eigenvalue weighted by molar-refractivity contribution is -0.143. The molecular formula is C8H8O3. The molecule has 0 radical (unpaired) electrons. The van der Waals surface area contributed by atoms with E-state index in [9.17, 15) is 4.79 Å². The Labute approximate surface area is 64.0 Å². The van der Waals surface area contributed by atoms with Crippen LogP contribution in [-0.4, -0.2) is 24.8 Å². The Hall–Kier alpha value is -0.830. The van der Waals surface area contributed by atoms with Gasteiger partial charge in [0.25, 0.3) is 0 Å². The van der Waals surface area contributed by atoms with Gasteiger partial charge in [-0.3, -0.25) is 4.79 Å². The van der Waals surface area contributed by atoms with E-state index in [0.717, 1.165) is 0 Å². The monoisotopic (exact) mass is 152 g/mol. The third-order valence-corrected chi connectivity index (χ3v) is 2.73. The summed E-state index contributed by atoms with van der Waals surface area (Å²) in [5.74, 6) is 0.231. The molecule has 3 aliphatic heterocycles. The minimum atomic E-state index is -0.0770. The van der Waals surface area contributed by atoms with Crippen molar-refractivity contribution in [3.05, 3.63) is 12.2 Å². The number of esters is 1. The molecule has 0 aromatic rings. The van der Waals surface area contributed by atoms with Gasteiger partial charge in [0.15, 0.2) is 0 Å². The van der Waals surface area contributed by atoms with Crippen LogP contribution in [0, 0.1) is 11.8 Å². The number of ether oxygens (including phenoxy) is 2. The van der Waals surface area contributed by atoms with E-state index in [2.05, 4.69) is 0 Å². The molecule has 0 aliphatic carbocycles. The first kappa shape index (κ1) is 5.77. The molecule has 0 unspecified atom stereocenters. The van der Waals surface area contributed by atoms with Crippen LogP contribution in [0.4, 0.5) is 0 Å². The normalized spacial score (nSPS) is 51.5. The van der Waals surface area contributed by atoms with Crippen LogP contribution in [-0.2, 0) is 14.3 Å². The molecule has 0 N–H and O–H groups in total. The topological polar surface area (TPSA) is 35.5 Å². The van der Waals surface area contributed by atoms with Gasteiger partial charge in [-0.25, -0.2) is 0 Å². The molecule has 2 saturated heterocycles. The van der Waals surface area contributed by atoms with Crippen LogP contribution in [0.1, 0.15) is 0 Å². The van der Waals surface area contributed by atoms with Gasteiger partial charge in [-0.1, -0.05) is 12.2 Å². The number of carbonyl (C=O) groups is 1. The molecule has 0 amide bonds. The number of cyclic esters (lactones) is 1. The molecule has 3 heteroatoms. The quantitative estimate of drug-likeness (QED) is 0.365. The Morgan fingerprint density at radius 3 is 3.00 bits per heavy atom. The third-order valence-electron chi connectivity index (χ3n) is 2.73. The number of hydrogen-bond donors (Lipinski definition) is 0. The summed E-state index contributed by atoms with van der Waals surface area (Å²) in [4.78, 5) is 11.1. The number of hydrogen-bond acceptors (Lipinski definition) is 3. The number of fused-ring (bicyclic) bond motifs is 5. The fourth-order valence-electron chi connectivity index (χ4n) is 2.17. The largest absolute Gasteiger partial charge is 0.465 e. The van der Waals surface area contributed by atoms with E-state index in [0.29, 0.717) is 12.5 Å². The molecule has 0 spiro atoms. The molecule has 11 heavy (non-hydrogen) atoms. The van der Waals surface area contributed by atoms with Gasteiger partial charge >= 0.3 is 5.97 Å². The van der Waals surface area contributed by atoms with Crippen molar-refractivity contribution in [2.45, 2.75) is 12.2 Å². The summed E-state index contributed by atoms with van der Waals surface area (Å²) in [6, 6.07) is 0. The van der Waals surface area contributed by atoms with Gasteiger partial charge < -0.3 is 9.47 Å². The molecule has 3 rings (SSSR count). The number of carbonyl (C=O) groups excluding carboxylic acids is 1. The fourth-order valence-corrected chi connectivity index (χ4v) is 2.17. The fraction of sp³-hybridized carbons (Fsp3) is 0.625. The van der Waals surface area contributed by atoms with Crippen molar-refractivity contribution in [1.29, 1.82) is 0 Å². The zero-order valence-corrected chi connectivity index (χ0v) is 5.90. The Balaban J connectivity index is 2.03. The highest BCUT2D eigenvalue weighted by molar-refractivity contribution is 5.77. The van der Waals surface area contributed by atoms with Crippen molar-refractivity contribution in [1.82, 2.24) is 0 Å². The third kappa shape index (κ3) is 0.554. The van der Waals surface area contributed by atoms with Gasteiger partial charge in [-0.2, -0.15) is 0 Å². The maximum absolute atomic E-state index is 11.1. The standard InChI is InChI=1S/C8H8O3/c9-8-7-4(3-10-8)5-1-2-6(7)11-5/h1-2,4-7H,3H2/t4-,5+,6-,7+/m1/s1. The van der Waals surface area contributed by atoms with Crippen LogP contribution in [0.2, 0.25) is 0 Å². The Morgan fingerprint density at radius 1 is 1.36 bits per heavy atom. The molecule has 4 atom stereocenters. The first-order valence-corrected chi connectivity index (χ1v) is 3.87. The van der Waals surface area contributed by atoms with Gasteiger partial charge in [-0.05, 0) is 0 Å². The molecule has 3 heterocycles. The summed E-state index contributed by atoms with van der Waals surface area (Å²) >= 11 is 0. The van der Waals surface area contributed by atoms with E-state index in [4.69, 9.17) is 9.47 Å². The van der Waals surface area contributed by atoms with Crippen molar-refractivity contribution >= 4 is 5.97 Å². The van der Waals surface area contributed by atoms with E-state index in [1.165, 1.54) is 0 Å². The van der Waals surface area contributed by atoms with Crippen molar-refractivity contribution in [3.63, 3.8) is 0 Å². The molecule has 2 fully saturated rings. The molecule has 0 aromatic carbocycles. The van der Waals surface area contributed by atoms with E-state index in [1.54, 1.807) is 0 Å². The van der Waals surface area contributed by atoms with E-state index >= 15 is 0 Å². The first-order chi connectivity index (χ1) is 5.36. The molecule has 3 aliphatic rings. The molecule has 0 saturated carbocycles. The molecule has 3 nitrogen and oxygen atoms in total. The Bertz CT molecular complexity index is 246. The first-order valence-electron chi connectivity index (χ1n) is 3.87. The summed E-state index contributed by atoms with van der Waals surface area (Å²) in [6.45, 7) is 0.551. The van der Waals surface area contributed by atoms with E-state index < -0.39 is 0 Å². The Kier molecular flexibility index (Phi) is 0.874. The number of rotatable bonds is 0. The Morgan fingerprint density at radius 2 is 2.18 bits per heavy atom. The predicted octanol–water partition coefficient (Wildman–Crippen LogP) is 0.113. The highest BCUT2D eigenvalue weighted by Gasteiger charge is 2.54. The maximum atomic E-state index is 11.1. The van der Waals surface area contributed by atoms with Crippen LogP contribution in [0.5, 0.6) is 0 Å². The zero-order valence-electron chi connectivity index (χ0n) is 5.90. The van der Waals surface area contributed by atoms with Crippen molar-refractivity contribution in [2.24, 2.45) is 11.8 Å². The molecule has 58 valence electrons. The van der Waals surface area contributed by atoms with Crippen LogP contribution >= 0.6 is 0 Å². The van der Waals surface area contributed by atoms with E-state index in [1.807, 2.05) is 12.2 Å². The highest BCUT2D eigenvalue weighted by atomic mass is 16.6. The average Bonchev–Trinajstić information content (AvgIpc) is 2.60. The second kappa shape index (κ2) is 1.67. The zero-order chi connectivity index (χ0) is 7.42. The van der Waals surface area contributed by atoms with Crippen LogP contribution in [0.3, 0.4) is 0 Å². The van der Waals surface area contributed by atoms with Crippen LogP contribution in [0.15, 0.2) is 12.2 Å². The van der Waals surface area contributed by atoms with Gasteiger partial charge in [-0.15, -0.1) is 0 Å². The molecule has 0 aromatic heterocycles. The molecular weight excluding hydrogens is 144 g/mol. The SMILES string of the molecule is O=C1OC[C@H]2[C@H]1[C@H]1C=C[C@@H]2O1. The minimum Gasteiger partial charge on any atom is -0.465 e. The predicted molar refractivity (Wildman–Crippen MR) is 35.7 cm³/mol. The smallest absolute Gasteiger partial charge is 0.312 e. The molecule has 2 bridgehead atoms. The van der Waals surface area contributed by atoms with Crippen molar-refractivity contribution < 1.29 is 14.3 Å². The lowest BCUT2D eigenvalue weighted by Crippen LogP contribution is -2.24. The lowest BCUT2D eigenvalue weighted by Gasteiger charge is -2.09.